The molecule has 0 aliphatic carbocycles. The number of nitrogens with zero attached hydrogens (tertiary/aromatic N) is 3. The van der Waals surface area contributed by atoms with Crippen LogP contribution in [0, 0.1) is 13.8 Å². The van der Waals surface area contributed by atoms with E-state index < -0.39 is 36.5 Å². The van der Waals surface area contributed by atoms with E-state index in [1.54, 1.807) is 11.8 Å². The molecule has 0 N–H and O–H groups in total. The summed E-state index contributed by atoms with van der Waals surface area (Å²) in [5.74, 6) is -3.70. The highest BCUT2D eigenvalue weighted by atomic mass is 32.2. The van der Waals surface area contributed by atoms with Gasteiger partial charge in [0.2, 0.25) is 0 Å². The van der Waals surface area contributed by atoms with Gasteiger partial charge >= 0.3 is 0 Å². The van der Waals surface area contributed by atoms with Crippen molar-refractivity contribution in [2.45, 2.75) is 45.6 Å². The first-order chi connectivity index (χ1) is 18.0. The van der Waals surface area contributed by atoms with Crippen molar-refractivity contribution < 1.29 is 24.6 Å². The first-order valence-corrected chi connectivity index (χ1v) is 14.5. The monoisotopic (exact) mass is 589 g/mol. The third-order valence-electron chi connectivity index (χ3n) is 6.13. The summed E-state index contributed by atoms with van der Waals surface area (Å²) < 4.78 is 1.36. The minimum atomic E-state index is -1.50. The summed E-state index contributed by atoms with van der Waals surface area (Å²) in [7, 11) is 0. The Morgan fingerprint density at radius 1 is 1.00 bits per heavy atom. The maximum atomic E-state index is 13.5. The summed E-state index contributed by atoms with van der Waals surface area (Å²) in [5.41, 5.74) is 3.57. The second-order valence-electron chi connectivity index (χ2n) is 8.57. The van der Waals surface area contributed by atoms with Gasteiger partial charge in [0.15, 0.2) is 0 Å². The average molecular weight is 590 g/mol. The Hall–Kier alpha value is -2.87. The number of anilines is 1. The number of hydrogen-bond donors (Lipinski definition) is 0. The summed E-state index contributed by atoms with van der Waals surface area (Å²) >= 11 is 8.56. The molecule has 38 heavy (non-hydrogen) atoms. The second-order valence-corrected chi connectivity index (χ2v) is 12.3. The predicted octanol–water partition coefficient (Wildman–Crippen LogP) is 0.0292. The number of fused-ring (bicyclic) bond motifs is 1. The van der Waals surface area contributed by atoms with E-state index in [1.165, 1.54) is 11.1 Å². The van der Waals surface area contributed by atoms with Gasteiger partial charge < -0.3 is 24.7 Å². The lowest BCUT2D eigenvalue weighted by molar-refractivity contribution is -0.307. The molecule has 2 aliphatic rings. The van der Waals surface area contributed by atoms with Gasteiger partial charge in [-0.05, 0) is 62.1 Å². The maximum Gasteiger partial charge on any atom is 0.269 e. The molecule has 2 aromatic rings. The summed E-state index contributed by atoms with van der Waals surface area (Å²) in [4.78, 5) is 53.2. The molecule has 3 heterocycles. The third kappa shape index (κ3) is 5.20. The number of aromatic nitrogens is 1. The Morgan fingerprint density at radius 2 is 1.66 bits per heavy atom. The normalized spacial score (nSPS) is 18.5. The molecular formula is C25H23N3O6S4-2. The van der Waals surface area contributed by atoms with Crippen molar-refractivity contribution in [1.29, 1.82) is 0 Å². The molecule has 200 valence electrons. The van der Waals surface area contributed by atoms with E-state index in [2.05, 4.69) is 30.9 Å². The fourth-order valence-corrected chi connectivity index (χ4v) is 8.02. The number of thiocarbonyl (C=S) groups is 1. The topological polar surface area (TPSA) is 126 Å². The number of rotatable bonds is 7. The maximum absolute atomic E-state index is 13.5. The van der Waals surface area contributed by atoms with E-state index in [0.717, 1.165) is 48.2 Å². The van der Waals surface area contributed by atoms with Crippen LogP contribution >= 0.6 is 47.1 Å². The molecule has 4 rings (SSSR count). The highest BCUT2D eigenvalue weighted by molar-refractivity contribution is 8.30. The molecule has 0 saturated carbocycles. The summed E-state index contributed by atoms with van der Waals surface area (Å²) in [6, 6.07) is 4.28. The van der Waals surface area contributed by atoms with Crippen molar-refractivity contribution in [2.75, 3.05) is 18.0 Å². The van der Waals surface area contributed by atoms with Crippen molar-refractivity contribution in [3.05, 3.63) is 53.9 Å². The van der Waals surface area contributed by atoms with Gasteiger partial charge in [0.05, 0.1) is 40.3 Å². The number of carbonyl (C=O) groups excluding carboxylic acids is 3. The first kappa shape index (κ1) is 28.1. The number of amides is 1. The van der Waals surface area contributed by atoms with Gasteiger partial charge in [0.1, 0.15) is 13.9 Å². The van der Waals surface area contributed by atoms with Crippen LogP contribution in [0.1, 0.15) is 31.4 Å². The van der Waals surface area contributed by atoms with Gasteiger partial charge in [-0.1, -0.05) is 42.7 Å². The Labute approximate surface area is 236 Å². The highest BCUT2D eigenvalue weighted by Crippen LogP contribution is 2.47. The number of thiazole rings is 1. The standard InChI is InChI=1S/C25H25N3O6S4/c1-5-14(9-17-26(6-2)15-7-12(3)13(4)8-16(15)36-17)20-22(33)27(10-18(29)30)24(37-20)21-23(34)28(11-19(31)32)25(35)38-21/h7-9H,5-6,10-11H2,1-4H3,(H,29,30)(H,31,32)/p-2/b17-9+,20-14+,24-21+. The fraction of sp³-hybridized carbons (Fsp3) is 0.320. The third-order valence-corrected chi connectivity index (χ3v) is 10.1. The van der Waals surface area contributed by atoms with Crippen molar-refractivity contribution in [3.63, 3.8) is 0 Å². The van der Waals surface area contributed by atoms with Crippen LogP contribution in [-0.4, -0.2) is 44.7 Å². The predicted molar refractivity (Wildman–Crippen MR) is 150 cm³/mol. The SMILES string of the molecule is CCC(/C=C1/Sc2cc(C)c(C)cc2N1CC)=c1\s/c(=C2/SC(=S)N(CC(=O)[O-])C2=O)n(CC(=O)[O-])c1=O. The molecule has 13 heteroatoms. The quantitative estimate of drug-likeness (QED) is 0.409. The minimum absolute atomic E-state index is 0.00209. The average Bonchev–Trinajstić information content (AvgIpc) is 3.44. The molecule has 1 aromatic heterocycles. The van der Waals surface area contributed by atoms with Crippen LogP contribution in [0.4, 0.5) is 5.69 Å². The first-order valence-electron chi connectivity index (χ1n) is 11.7. The molecule has 0 radical (unpaired) electrons. The van der Waals surface area contributed by atoms with Crippen LogP contribution < -0.4 is 29.9 Å². The van der Waals surface area contributed by atoms with Crippen LogP contribution in [0.3, 0.4) is 0 Å². The molecule has 9 nitrogen and oxygen atoms in total. The number of hydrogen-bond acceptors (Lipinski definition) is 11. The largest absolute Gasteiger partial charge is 0.548 e. The zero-order valence-corrected chi connectivity index (χ0v) is 24.3. The number of aliphatic carboxylic acids is 2. The number of carbonyl (C=O) groups is 3. The number of carboxylic acids is 2. The van der Waals surface area contributed by atoms with Crippen LogP contribution in [-0.2, 0) is 20.9 Å². The van der Waals surface area contributed by atoms with Crippen molar-refractivity contribution >= 4 is 85.4 Å². The van der Waals surface area contributed by atoms with E-state index >= 15 is 0 Å². The molecule has 1 aromatic carbocycles. The van der Waals surface area contributed by atoms with E-state index in [4.69, 9.17) is 12.2 Å². The molecule has 0 atom stereocenters. The molecule has 2 aliphatic heterocycles. The second kappa shape index (κ2) is 11.1. The summed E-state index contributed by atoms with van der Waals surface area (Å²) in [6.07, 6.45) is 2.41. The lowest BCUT2D eigenvalue weighted by Gasteiger charge is -2.19. The van der Waals surface area contributed by atoms with Crippen molar-refractivity contribution in [1.82, 2.24) is 9.47 Å². The molecule has 0 spiro atoms. The molecule has 1 fully saturated rings. The minimum Gasteiger partial charge on any atom is -0.548 e. The summed E-state index contributed by atoms with van der Waals surface area (Å²) in [6.45, 7) is 7.27. The Kier molecular flexibility index (Phi) is 8.21. The zero-order chi connectivity index (χ0) is 27.9. The molecule has 0 unspecified atom stereocenters. The van der Waals surface area contributed by atoms with E-state index in [-0.39, 0.29) is 13.9 Å². The van der Waals surface area contributed by atoms with Crippen LogP contribution in [0.25, 0.3) is 10.5 Å². The zero-order valence-electron chi connectivity index (χ0n) is 21.0. The van der Waals surface area contributed by atoms with Gasteiger partial charge in [-0.25, -0.2) is 0 Å². The molecule has 0 bridgehead atoms. The highest BCUT2D eigenvalue weighted by Gasteiger charge is 2.34. The Balaban J connectivity index is 1.93. The molecule has 1 saturated heterocycles. The number of carboxylic acid groups (broad SMARTS) is 2. The summed E-state index contributed by atoms with van der Waals surface area (Å²) in [5, 5.41) is 23.5. The van der Waals surface area contributed by atoms with Crippen LogP contribution in [0.5, 0.6) is 0 Å². The number of benzene rings is 1. The lowest BCUT2D eigenvalue weighted by Crippen LogP contribution is -2.41. The van der Waals surface area contributed by atoms with Gasteiger partial charge in [0, 0.05) is 11.4 Å². The van der Waals surface area contributed by atoms with Crippen LogP contribution in [0.15, 0.2) is 32.9 Å². The number of aryl methyl sites for hydroxylation is 2. The van der Waals surface area contributed by atoms with Crippen molar-refractivity contribution in [3.8, 4) is 0 Å². The van der Waals surface area contributed by atoms with E-state index in [1.807, 2.05) is 19.9 Å². The number of allylic oxidation sites excluding steroid dienone is 1. The van der Waals surface area contributed by atoms with Gasteiger partial charge in [-0.2, -0.15) is 0 Å². The van der Waals surface area contributed by atoms with E-state index in [9.17, 15) is 29.4 Å². The van der Waals surface area contributed by atoms with Crippen LogP contribution in [0.2, 0.25) is 0 Å². The van der Waals surface area contributed by atoms with Gasteiger partial charge in [-0.15, -0.1) is 11.3 Å². The smallest absolute Gasteiger partial charge is 0.269 e. The van der Waals surface area contributed by atoms with Gasteiger partial charge in [-0.3, -0.25) is 19.1 Å². The van der Waals surface area contributed by atoms with Gasteiger partial charge in [0.25, 0.3) is 11.5 Å². The Bertz CT molecular complexity index is 1600. The fourth-order valence-electron chi connectivity index (χ4n) is 4.11. The molecule has 1 amide bonds. The number of thioether (sulfide) groups is 2. The lowest BCUT2D eigenvalue weighted by atomic mass is 10.1. The molecular weight excluding hydrogens is 567 g/mol. The van der Waals surface area contributed by atoms with E-state index in [0.29, 0.717) is 23.1 Å². The Morgan fingerprint density at radius 3 is 2.26 bits per heavy atom. The van der Waals surface area contributed by atoms with Crippen molar-refractivity contribution in [2.24, 2.45) is 0 Å².